The van der Waals surface area contributed by atoms with Gasteiger partial charge in [0, 0.05) is 32.3 Å². The van der Waals surface area contributed by atoms with Gasteiger partial charge in [0.25, 0.3) is 11.8 Å². The number of aromatic amines is 1. The van der Waals surface area contributed by atoms with Crippen LogP contribution in [0.3, 0.4) is 0 Å². The molecule has 2 aromatic rings. The van der Waals surface area contributed by atoms with E-state index >= 15 is 0 Å². The lowest BCUT2D eigenvalue weighted by Crippen LogP contribution is -2.28. The number of hydrogen-bond acceptors (Lipinski definition) is 4. The normalized spacial score (nSPS) is 15.9. The predicted molar refractivity (Wildman–Crippen MR) is 128 cm³/mol. The van der Waals surface area contributed by atoms with Crippen molar-refractivity contribution in [2.45, 2.75) is 54.4 Å². The average Bonchev–Trinajstić information content (AvgIpc) is 3.45. The van der Waals surface area contributed by atoms with Crippen LogP contribution in [0.1, 0.15) is 84.4 Å². The van der Waals surface area contributed by atoms with Crippen LogP contribution in [0.15, 0.2) is 22.6 Å². The molecule has 3 heterocycles. The van der Waals surface area contributed by atoms with Crippen molar-refractivity contribution in [1.82, 2.24) is 20.2 Å². The molecule has 2 aromatic heterocycles. The van der Waals surface area contributed by atoms with Crippen molar-refractivity contribution >= 4 is 24.0 Å². The lowest BCUT2D eigenvalue weighted by molar-refractivity contribution is 0.0754. The van der Waals surface area contributed by atoms with Crippen molar-refractivity contribution in [1.29, 1.82) is 0 Å². The number of amides is 2. The quantitative estimate of drug-likeness (QED) is 0.662. The van der Waals surface area contributed by atoms with Crippen LogP contribution >= 0.6 is 0 Å². The first-order valence-corrected chi connectivity index (χ1v) is 11.3. The molecule has 1 aliphatic rings. The Bertz CT molecular complexity index is 968. The SMILES string of the molecule is C/C=C\c1[nH]c(C(=O)NCC)cc1/C=C/CC.Cc1nc(C)c(C(=O)N2CCC(C)C2)o1. The fraction of sp³-hybridized carbons (Fsp3) is 0.480. The number of oxazole rings is 1. The highest BCUT2D eigenvalue weighted by Gasteiger charge is 2.27. The van der Waals surface area contributed by atoms with E-state index in [2.05, 4.69) is 35.2 Å². The zero-order valence-corrected chi connectivity index (χ0v) is 20.1. The highest BCUT2D eigenvalue weighted by Crippen LogP contribution is 2.20. The van der Waals surface area contributed by atoms with E-state index in [1.807, 2.05) is 50.0 Å². The molecule has 0 bridgehead atoms. The Balaban J connectivity index is 0.000000228. The summed E-state index contributed by atoms with van der Waals surface area (Å²) in [5.41, 5.74) is 3.32. The molecule has 174 valence electrons. The third-order valence-electron chi connectivity index (χ3n) is 5.14. The molecule has 1 atom stereocenters. The fourth-order valence-electron chi connectivity index (χ4n) is 3.54. The molecule has 32 heavy (non-hydrogen) atoms. The molecule has 1 fully saturated rings. The van der Waals surface area contributed by atoms with Crippen molar-refractivity contribution in [3.8, 4) is 0 Å². The summed E-state index contributed by atoms with van der Waals surface area (Å²) in [7, 11) is 0. The van der Waals surface area contributed by atoms with Crippen molar-refractivity contribution in [3.05, 3.63) is 52.5 Å². The van der Waals surface area contributed by atoms with E-state index in [1.165, 1.54) is 0 Å². The number of carbonyl (C=O) groups is 2. The average molecular weight is 441 g/mol. The molecule has 3 rings (SSSR count). The largest absolute Gasteiger partial charge is 0.436 e. The number of H-pyrrole nitrogens is 1. The Kier molecular flexibility index (Phi) is 9.50. The van der Waals surface area contributed by atoms with Crippen LogP contribution in [0.2, 0.25) is 0 Å². The third kappa shape index (κ3) is 6.70. The maximum absolute atomic E-state index is 12.0. The van der Waals surface area contributed by atoms with Crippen molar-refractivity contribution in [2.75, 3.05) is 19.6 Å². The summed E-state index contributed by atoms with van der Waals surface area (Å²) in [6, 6.07) is 1.88. The van der Waals surface area contributed by atoms with Crippen molar-refractivity contribution in [3.63, 3.8) is 0 Å². The first kappa shape index (κ1) is 25.2. The maximum Gasteiger partial charge on any atom is 0.291 e. The zero-order valence-electron chi connectivity index (χ0n) is 20.1. The van der Waals surface area contributed by atoms with Crippen LogP contribution in [-0.2, 0) is 0 Å². The summed E-state index contributed by atoms with van der Waals surface area (Å²) >= 11 is 0. The molecule has 0 saturated carbocycles. The second kappa shape index (κ2) is 12.1. The Labute approximate surface area is 191 Å². The minimum atomic E-state index is -0.0607. The van der Waals surface area contributed by atoms with Gasteiger partial charge in [0.15, 0.2) is 5.89 Å². The first-order valence-electron chi connectivity index (χ1n) is 11.3. The third-order valence-corrected chi connectivity index (χ3v) is 5.14. The highest BCUT2D eigenvalue weighted by molar-refractivity contribution is 5.94. The van der Waals surface area contributed by atoms with E-state index < -0.39 is 0 Å². The van der Waals surface area contributed by atoms with E-state index in [9.17, 15) is 9.59 Å². The zero-order chi connectivity index (χ0) is 23.7. The van der Waals surface area contributed by atoms with E-state index in [0.717, 1.165) is 37.2 Å². The van der Waals surface area contributed by atoms with Crippen LogP contribution in [0.25, 0.3) is 12.2 Å². The summed E-state index contributed by atoms with van der Waals surface area (Å²) < 4.78 is 5.32. The fourth-order valence-corrected chi connectivity index (χ4v) is 3.54. The molecule has 0 radical (unpaired) electrons. The van der Waals surface area contributed by atoms with Gasteiger partial charge in [-0.25, -0.2) is 4.98 Å². The molecule has 7 nitrogen and oxygen atoms in total. The second-order valence-electron chi connectivity index (χ2n) is 8.01. The van der Waals surface area contributed by atoms with Gasteiger partial charge in [-0.3, -0.25) is 9.59 Å². The molecule has 0 aliphatic carbocycles. The standard InChI is InChI=1S/C14H20N2O.C11H16N2O2/c1-4-7-9-11-10-13(14(17)15-6-3)16-12(11)8-5-2;1-7-4-5-13(6-7)11(14)10-8(2)12-9(3)15-10/h5,7-10,16H,4,6H2,1-3H3,(H,15,17);7H,4-6H2,1-3H3/b8-5-,9-7+;. The second-order valence-corrected chi connectivity index (χ2v) is 8.01. The molecule has 1 aliphatic heterocycles. The minimum absolute atomic E-state index is 0.0162. The van der Waals surface area contributed by atoms with Crippen LogP contribution in [0.4, 0.5) is 0 Å². The molecular formula is C25H36N4O3. The van der Waals surface area contributed by atoms with E-state index in [-0.39, 0.29) is 11.8 Å². The summed E-state index contributed by atoms with van der Waals surface area (Å²) in [6.07, 6.45) is 10.1. The van der Waals surface area contributed by atoms with Gasteiger partial charge >= 0.3 is 0 Å². The topological polar surface area (TPSA) is 91.2 Å². The van der Waals surface area contributed by atoms with Crippen molar-refractivity contribution in [2.24, 2.45) is 5.92 Å². The van der Waals surface area contributed by atoms with Gasteiger partial charge in [-0.1, -0.05) is 32.1 Å². The molecule has 1 saturated heterocycles. The van der Waals surface area contributed by atoms with Gasteiger partial charge in [0.1, 0.15) is 5.69 Å². The van der Waals surface area contributed by atoms with Crippen LogP contribution in [0.5, 0.6) is 0 Å². The lowest BCUT2D eigenvalue weighted by Gasteiger charge is -2.13. The van der Waals surface area contributed by atoms with Crippen LogP contribution in [-0.4, -0.2) is 46.3 Å². The number of rotatable bonds is 6. The smallest absolute Gasteiger partial charge is 0.291 e. The summed E-state index contributed by atoms with van der Waals surface area (Å²) in [6.45, 7) is 14.0. The number of aromatic nitrogens is 2. The lowest BCUT2D eigenvalue weighted by atomic mass is 10.2. The number of aryl methyl sites for hydroxylation is 2. The van der Waals surface area contributed by atoms with Gasteiger partial charge in [0.05, 0.1) is 5.69 Å². The van der Waals surface area contributed by atoms with Gasteiger partial charge in [-0.2, -0.15) is 0 Å². The first-order chi connectivity index (χ1) is 15.3. The van der Waals surface area contributed by atoms with Gasteiger partial charge in [-0.05, 0) is 57.2 Å². The van der Waals surface area contributed by atoms with Gasteiger partial charge in [0.2, 0.25) is 5.76 Å². The molecule has 2 N–H and O–H groups in total. The number of nitrogens with zero attached hydrogens (tertiary/aromatic N) is 2. The van der Waals surface area contributed by atoms with E-state index in [4.69, 9.17) is 4.42 Å². The molecule has 0 spiro atoms. The minimum Gasteiger partial charge on any atom is -0.436 e. The Morgan fingerprint density at radius 2 is 2.06 bits per heavy atom. The van der Waals surface area contributed by atoms with Crippen LogP contribution in [0, 0.1) is 19.8 Å². The number of allylic oxidation sites excluding steroid dienone is 2. The van der Waals surface area contributed by atoms with E-state index in [1.54, 1.807) is 6.92 Å². The Morgan fingerprint density at radius 1 is 1.31 bits per heavy atom. The number of likely N-dealkylation sites (tertiary alicyclic amines) is 1. The van der Waals surface area contributed by atoms with Gasteiger partial charge < -0.3 is 19.6 Å². The maximum atomic E-state index is 12.0. The molecule has 0 aromatic carbocycles. The molecule has 1 unspecified atom stereocenters. The van der Waals surface area contributed by atoms with Gasteiger partial charge in [-0.15, -0.1) is 0 Å². The highest BCUT2D eigenvalue weighted by atomic mass is 16.4. The predicted octanol–water partition coefficient (Wildman–Crippen LogP) is 4.99. The monoisotopic (exact) mass is 440 g/mol. The Hall–Kier alpha value is -3.09. The van der Waals surface area contributed by atoms with Crippen LogP contribution < -0.4 is 5.32 Å². The summed E-state index contributed by atoms with van der Waals surface area (Å²) in [4.78, 5) is 32.8. The number of carbonyl (C=O) groups excluding carboxylic acids is 2. The molecular weight excluding hydrogens is 404 g/mol. The molecule has 7 heteroatoms. The Morgan fingerprint density at radius 3 is 2.59 bits per heavy atom. The number of hydrogen-bond donors (Lipinski definition) is 2. The molecule has 2 amide bonds. The van der Waals surface area contributed by atoms with Crippen molar-refractivity contribution < 1.29 is 14.0 Å². The number of nitrogens with one attached hydrogen (secondary N) is 2. The summed E-state index contributed by atoms with van der Waals surface area (Å²) in [5, 5.41) is 2.78. The summed E-state index contributed by atoms with van der Waals surface area (Å²) in [5.74, 6) is 1.48. The van der Waals surface area contributed by atoms with E-state index in [0.29, 0.717) is 35.5 Å².